The van der Waals surface area contributed by atoms with Crippen molar-refractivity contribution >= 4 is 0 Å². The third kappa shape index (κ3) is 5.91. The van der Waals surface area contributed by atoms with Crippen LogP contribution in [-0.2, 0) is 11.3 Å². The predicted octanol–water partition coefficient (Wildman–Crippen LogP) is 5.02. The van der Waals surface area contributed by atoms with Gasteiger partial charge in [-0.05, 0) is 64.8 Å². The average Bonchev–Trinajstić information content (AvgIpc) is 3.62. The second-order valence-electron chi connectivity index (χ2n) is 11.3. The lowest BCUT2D eigenvalue weighted by Crippen LogP contribution is -2.61. The van der Waals surface area contributed by atoms with Gasteiger partial charge in [0.15, 0.2) is 0 Å². The molecule has 1 saturated carbocycles. The highest BCUT2D eigenvalue weighted by Gasteiger charge is 2.56. The van der Waals surface area contributed by atoms with Crippen LogP contribution in [0.4, 0.5) is 0 Å². The van der Waals surface area contributed by atoms with E-state index in [0.717, 1.165) is 64.3 Å². The highest BCUT2D eigenvalue weighted by Crippen LogP contribution is 2.49. The van der Waals surface area contributed by atoms with Crippen LogP contribution in [0.25, 0.3) is 0 Å². The van der Waals surface area contributed by atoms with Crippen LogP contribution < -0.4 is 10.1 Å². The molecule has 1 atom stereocenters. The summed E-state index contributed by atoms with van der Waals surface area (Å²) in [6.07, 6.45) is 5.70. The van der Waals surface area contributed by atoms with Crippen LogP contribution in [-0.4, -0.2) is 66.8 Å². The molecule has 0 amide bonds. The molecule has 190 valence electrons. The molecule has 1 N–H and O–H groups in total. The van der Waals surface area contributed by atoms with Gasteiger partial charge in [-0.2, -0.15) is 0 Å². The number of hydrogen-bond donors (Lipinski definition) is 1. The molecule has 1 unspecified atom stereocenters. The molecule has 3 fully saturated rings. The Balaban J connectivity index is 1.24. The molecule has 2 aromatic rings. The molecule has 5 heteroatoms. The highest BCUT2D eigenvalue weighted by molar-refractivity contribution is 5.34. The lowest BCUT2D eigenvalue weighted by Gasteiger charge is -2.51. The van der Waals surface area contributed by atoms with Crippen LogP contribution in [0, 0.1) is 0 Å². The number of likely N-dealkylation sites (tertiary alicyclic amines) is 1. The first kappa shape index (κ1) is 24.8. The summed E-state index contributed by atoms with van der Waals surface area (Å²) in [6.45, 7) is 10.9. The maximum absolute atomic E-state index is 6.86. The fraction of sp³-hybridized carbons (Fsp3) is 0.600. The summed E-state index contributed by atoms with van der Waals surface area (Å²) in [4.78, 5) is 5.26. The standard InChI is InChI=1S/C30H43N3O2/c1-24(2)33-22-29(14-15-29)35-30(23-33)16-19-32(20-17-30)21-26-11-7-8-12-27(26)34-28(13-18-31-3)25-9-5-4-6-10-25/h4-12,24,28,31H,13-23H2,1-3H3. The molecule has 35 heavy (non-hydrogen) atoms. The van der Waals surface area contributed by atoms with E-state index in [1.807, 2.05) is 7.05 Å². The topological polar surface area (TPSA) is 37.0 Å². The van der Waals surface area contributed by atoms with E-state index in [4.69, 9.17) is 9.47 Å². The molecule has 2 aliphatic heterocycles. The first-order valence-corrected chi connectivity index (χ1v) is 13.6. The Kier molecular flexibility index (Phi) is 7.50. The Labute approximate surface area is 211 Å². The molecule has 1 aliphatic carbocycles. The molecule has 0 radical (unpaired) electrons. The number of morpholine rings is 1. The van der Waals surface area contributed by atoms with Gasteiger partial charge in [-0.25, -0.2) is 0 Å². The van der Waals surface area contributed by atoms with Crippen molar-refractivity contribution < 1.29 is 9.47 Å². The number of rotatable bonds is 9. The normalized spacial score (nSPS) is 22.5. The van der Waals surface area contributed by atoms with Gasteiger partial charge in [-0.15, -0.1) is 0 Å². The van der Waals surface area contributed by atoms with E-state index >= 15 is 0 Å². The van der Waals surface area contributed by atoms with Crippen molar-refractivity contribution in [2.45, 2.75) is 75.8 Å². The van der Waals surface area contributed by atoms with Crippen molar-refractivity contribution in [3.05, 3.63) is 65.7 Å². The first-order chi connectivity index (χ1) is 17.0. The van der Waals surface area contributed by atoms with E-state index in [2.05, 4.69) is 83.6 Å². The summed E-state index contributed by atoms with van der Waals surface area (Å²) in [5.41, 5.74) is 2.71. The zero-order valence-electron chi connectivity index (χ0n) is 21.8. The Hall–Kier alpha value is -1.92. The molecular formula is C30H43N3O2. The fourth-order valence-electron chi connectivity index (χ4n) is 5.84. The number of nitrogens with zero attached hydrogens (tertiary/aromatic N) is 2. The van der Waals surface area contributed by atoms with Gasteiger partial charge in [0.05, 0.1) is 11.2 Å². The number of piperidine rings is 1. The van der Waals surface area contributed by atoms with Crippen LogP contribution in [0.5, 0.6) is 5.75 Å². The number of hydrogen-bond acceptors (Lipinski definition) is 5. The number of ether oxygens (including phenoxy) is 2. The molecule has 5 nitrogen and oxygen atoms in total. The molecule has 0 bridgehead atoms. The van der Waals surface area contributed by atoms with Crippen molar-refractivity contribution in [1.29, 1.82) is 0 Å². The van der Waals surface area contributed by atoms with E-state index < -0.39 is 0 Å². The van der Waals surface area contributed by atoms with E-state index in [1.54, 1.807) is 0 Å². The van der Waals surface area contributed by atoms with Crippen LogP contribution in [0.3, 0.4) is 0 Å². The Bertz CT molecular complexity index is 951. The second-order valence-corrected chi connectivity index (χ2v) is 11.3. The average molecular weight is 478 g/mol. The zero-order chi connectivity index (χ0) is 24.3. The SMILES string of the molecule is CNCCC(Oc1ccccc1CN1CCC2(CC1)CN(C(C)C)CC1(CC1)O2)c1ccccc1. The molecule has 3 aliphatic rings. The number of benzene rings is 2. The fourth-order valence-corrected chi connectivity index (χ4v) is 5.84. The van der Waals surface area contributed by atoms with E-state index in [9.17, 15) is 0 Å². The molecular weight excluding hydrogens is 434 g/mol. The third-order valence-electron chi connectivity index (χ3n) is 8.18. The summed E-state index contributed by atoms with van der Waals surface area (Å²) >= 11 is 0. The Morgan fingerprint density at radius 2 is 1.57 bits per heavy atom. The Morgan fingerprint density at radius 1 is 0.914 bits per heavy atom. The molecule has 2 aromatic carbocycles. The minimum Gasteiger partial charge on any atom is -0.485 e. The monoisotopic (exact) mass is 477 g/mol. The number of para-hydroxylation sites is 1. The van der Waals surface area contributed by atoms with E-state index in [1.165, 1.54) is 24.0 Å². The van der Waals surface area contributed by atoms with Gasteiger partial charge in [-0.1, -0.05) is 48.5 Å². The van der Waals surface area contributed by atoms with Crippen molar-refractivity contribution in [3.8, 4) is 5.75 Å². The predicted molar refractivity (Wildman–Crippen MR) is 142 cm³/mol. The first-order valence-electron chi connectivity index (χ1n) is 13.6. The lowest BCUT2D eigenvalue weighted by atomic mass is 9.87. The molecule has 0 aromatic heterocycles. The Morgan fingerprint density at radius 3 is 2.23 bits per heavy atom. The van der Waals surface area contributed by atoms with Crippen molar-refractivity contribution in [1.82, 2.24) is 15.1 Å². The summed E-state index contributed by atoms with van der Waals surface area (Å²) in [5.74, 6) is 1.01. The quantitative estimate of drug-likeness (QED) is 0.549. The summed E-state index contributed by atoms with van der Waals surface area (Å²) in [6, 6.07) is 19.8. The van der Waals surface area contributed by atoms with Gasteiger partial charge >= 0.3 is 0 Å². The van der Waals surface area contributed by atoms with Gasteiger partial charge in [0.25, 0.3) is 0 Å². The zero-order valence-corrected chi connectivity index (χ0v) is 21.8. The van der Waals surface area contributed by atoms with Crippen LogP contribution in [0.2, 0.25) is 0 Å². The van der Waals surface area contributed by atoms with Gasteiger partial charge in [0.2, 0.25) is 0 Å². The summed E-state index contributed by atoms with van der Waals surface area (Å²) < 4.78 is 13.5. The lowest BCUT2D eigenvalue weighted by molar-refractivity contribution is -0.193. The van der Waals surface area contributed by atoms with Gasteiger partial charge in [-0.3, -0.25) is 9.80 Å². The molecule has 2 spiro atoms. The maximum Gasteiger partial charge on any atom is 0.125 e. The number of nitrogens with one attached hydrogen (secondary N) is 1. The molecule has 2 saturated heterocycles. The van der Waals surface area contributed by atoms with Crippen molar-refractivity contribution in [2.75, 3.05) is 39.8 Å². The minimum atomic E-state index is 0.0388. The maximum atomic E-state index is 6.86. The van der Waals surface area contributed by atoms with Crippen LogP contribution in [0.1, 0.15) is 63.2 Å². The van der Waals surface area contributed by atoms with Gasteiger partial charge in [0, 0.05) is 50.7 Å². The van der Waals surface area contributed by atoms with E-state index in [0.29, 0.717) is 6.04 Å². The van der Waals surface area contributed by atoms with Crippen LogP contribution >= 0.6 is 0 Å². The summed E-state index contributed by atoms with van der Waals surface area (Å²) in [5, 5.41) is 3.28. The van der Waals surface area contributed by atoms with Crippen LogP contribution in [0.15, 0.2) is 54.6 Å². The van der Waals surface area contributed by atoms with E-state index in [-0.39, 0.29) is 17.3 Å². The smallest absolute Gasteiger partial charge is 0.125 e. The molecule has 5 rings (SSSR count). The molecule has 2 heterocycles. The van der Waals surface area contributed by atoms with Gasteiger partial charge < -0.3 is 14.8 Å². The summed E-state index contributed by atoms with van der Waals surface area (Å²) in [7, 11) is 2.00. The highest BCUT2D eigenvalue weighted by atomic mass is 16.5. The van der Waals surface area contributed by atoms with Crippen molar-refractivity contribution in [3.63, 3.8) is 0 Å². The largest absolute Gasteiger partial charge is 0.485 e. The third-order valence-corrected chi connectivity index (χ3v) is 8.18. The van der Waals surface area contributed by atoms with Gasteiger partial charge in [0.1, 0.15) is 11.9 Å². The second kappa shape index (κ2) is 10.6. The minimum absolute atomic E-state index is 0.0388. The van der Waals surface area contributed by atoms with Crippen molar-refractivity contribution in [2.24, 2.45) is 0 Å².